The largest absolute Gasteiger partial charge is 0.265 e. The van der Waals surface area contributed by atoms with Gasteiger partial charge in [0.05, 0.1) is 16.6 Å². The van der Waals surface area contributed by atoms with E-state index in [0.717, 1.165) is 5.56 Å². The zero-order chi connectivity index (χ0) is 6.53. The Balaban J connectivity index is 2.97. The molecule has 0 saturated carbocycles. The lowest BCUT2D eigenvalue weighted by atomic mass is 10.3. The van der Waals surface area contributed by atoms with Crippen LogP contribution < -0.4 is 0 Å². The lowest BCUT2D eigenvalue weighted by molar-refractivity contribution is 0.701. The molecule has 0 spiro atoms. The van der Waals surface area contributed by atoms with Gasteiger partial charge in [0, 0.05) is 12.4 Å². The number of rotatable bonds is 1. The number of hydrogen-bond acceptors (Lipinski definition) is 2. The fourth-order valence-electron chi connectivity index (χ4n) is 0.468. The lowest BCUT2D eigenvalue weighted by Gasteiger charge is -1.82. The van der Waals surface area contributed by atoms with Gasteiger partial charge in [-0.25, -0.2) is 4.21 Å². The maximum atomic E-state index is 9.88. The average molecular weight is 138 g/mol. The van der Waals surface area contributed by atoms with Crippen LogP contribution in [0.4, 0.5) is 0 Å². The minimum absolute atomic E-state index is 0.327. The van der Waals surface area contributed by atoms with Crippen molar-refractivity contribution >= 4 is 16.6 Å². The van der Waals surface area contributed by atoms with E-state index in [2.05, 4.69) is 10.4 Å². The van der Waals surface area contributed by atoms with Gasteiger partial charge in [0.1, 0.15) is 0 Å². The van der Waals surface area contributed by atoms with Crippen LogP contribution in [0.25, 0.3) is 0 Å². The first-order chi connectivity index (χ1) is 4.43. The van der Waals surface area contributed by atoms with E-state index in [1.807, 2.05) is 0 Å². The summed E-state index contributed by atoms with van der Waals surface area (Å²) in [5.41, 5.74) is 0.782. The van der Waals surface area contributed by atoms with Crippen molar-refractivity contribution in [3.63, 3.8) is 0 Å². The Morgan fingerprint density at radius 3 is 2.67 bits per heavy atom. The highest BCUT2D eigenvalue weighted by molar-refractivity contribution is 7.65. The van der Waals surface area contributed by atoms with Crippen LogP contribution in [0.15, 0.2) is 24.5 Å². The Labute approximate surface area is 56.6 Å². The predicted octanol–water partition coefficient (Wildman–Crippen LogP) is 0.322. The molecular formula is C6H4NOS. The van der Waals surface area contributed by atoms with Crippen molar-refractivity contribution in [3.8, 4) is 0 Å². The average Bonchev–Trinajstić information content (AvgIpc) is 1.91. The van der Waals surface area contributed by atoms with Crippen LogP contribution in [0.3, 0.4) is 0 Å². The first kappa shape index (κ1) is 6.16. The molecule has 1 rings (SSSR count). The zero-order valence-corrected chi connectivity index (χ0v) is 5.39. The second-order valence-corrected chi connectivity index (χ2v) is 1.79. The van der Waals surface area contributed by atoms with Gasteiger partial charge in [0.25, 0.3) is 0 Å². The second-order valence-electron chi connectivity index (χ2n) is 1.42. The van der Waals surface area contributed by atoms with Crippen LogP contribution in [0.5, 0.6) is 0 Å². The SMILES string of the molecule is O=S=[C]c1ccncc1. The first-order valence-corrected chi connectivity index (χ1v) is 3.12. The van der Waals surface area contributed by atoms with Gasteiger partial charge >= 0.3 is 0 Å². The van der Waals surface area contributed by atoms with Gasteiger partial charge in [-0.3, -0.25) is 4.98 Å². The molecule has 0 saturated heterocycles. The molecule has 0 aliphatic carbocycles. The Morgan fingerprint density at radius 2 is 2.11 bits per heavy atom. The molecule has 2 nitrogen and oxygen atoms in total. The summed E-state index contributed by atoms with van der Waals surface area (Å²) < 4.78 is 9.88. The molecule has 0 aliphatic heterocycles. The monoisotopic (exact) mass is 138 g/mol. The first-order valence-electron chi connectivity index (χ1n) is 2.38. The Morgan fingerprint density at radius 1 is 1.44 bits per heavy atom. The minimum Gasteiger partial charge on any atom is -0.265 e. The van der Waals surface area contributed by atoms with E-state index in [0.29, 0.717) is 11.3 Å². The maximum Gasteiger partial charge on any atom is 0.0988 e. The fraction of sp³-hybridized carbons (Fsp3) is 0. The molecule has 1 aromatic rings. The number of aromatic nitrogens is 1. The highest BCUT2D eigenvalue weighted by Gasteiger charge is 1.81. The molecule has 0 bridgehead atoms. The number of hydrogen-bond donors (Lipinski definition) is 0. The van der Waals surface area contributed by atoms with Gasteiger partial charge in [-0.2, -0.15) is 0 Å². The Bertz CT molecular complexity index is 228. The van der Waals surface area contributed by atoms with Gasteiger partial charge in [-0.05, 0) is 17.7 Å². The van der Waals surface area contributed by atoms with E-state index in [1.54, 1.807) is 24.5 Å². The summed E-state index contributed by atoms with van der Waals surface area (Å²) in [6.45, 7) is 0. The van der Waals surface area contributed by atoms with Gasteiger partial charge < -0.3 is 0 Å². The molecule has 0 amide bonds. The molecule has 0 N–H and O–H groups in total. The number of nitrogens with zero attached hydrogens (tertiary/aromatic N) is 1. The van der Waals surface area contributed by atoms with Crippen molar-refractivity contribution in [2.24, 2.45) is 0 Å². The third kappa shape index (κ3) is 1.77. The van der Waals surface area contributed by atoms with Crippen LogP contribution in [0.1, 0.15) is 5.56 Å². The lowest BCUT2D eigenvalue weighted by Crippen LogP contribution is -1.78. The third-order valence-corrected chi connectivity index (χ3v) is 1.16. The second kappa shape index (κ2) is 3.14. The number of pyridine rings is 1. The van der Waals surface area contributed by atoms with Crippen molar-refractivity contribution < 1.29 is 4.21 Å². The standard InChI is InChI=1S/C6H4NOS/c8-9-5-6-1-3-7-4-2-6/h1-4H. The molecule has 0 aliphatic rings. The highest BCUT2D eigenvalue weighted by atomic mass is 32.1. The summed E-state index contributed by atoms with van der Waals surface area (Å²) >= 11 is 0.327. The van der Waals surface area contributed by atoms with Crippen LogP contribution in [0.2, 0.25) is 0 Å². The summed E-state index contributed by atoms with van der Waals surface area (Å²) in [6, 6.07) is 3.45. The van der Waals surface area contributed by atoms with Gasteiger partial charge in [-0.15, -0.1) is 0 Å². The quantitative estimate of drug-likeness (QED) is 0.523. The van der Waals surface area contributed by atoms with E-state index >= 15 is 0 Å². The minimum atomic E-state index is 0.327. The highest BCUT2D eigenvalue weighted by Crippen LogP contribution is 1.88. The van der Waals surface area contributed by atoms with E-state index in [4.69, 9.17) is 0 Å². The fourth-order valence-corrected chi connectivity index (χ4v) is 0.700. The molecule has 0 unspecified atom stereocenters. The van der Waals surface area contributed by atoms with Crippen LogP contribution >= 0.6 is 0 Å². The molecule has 1 heterocycles. The van der Waals surface area contributed by atoms with Crippen LogP contribution in [-0.4, -0.2) is 14.6 Å². The van der Waals surface area contributed by atoms with Gasteiger partial charge in [-0.1, -0.05) is 0 Å². The zero-order valence-electron chi connectivity index (χ0n) is 4.57. The molecule has 45 valence electrons. The Kier molecular flexibility index (Phi) is 2.15. The van der Waals surface area contributed by atoms with Crippen molar-refractivity contribution in [2.75, 3.05) is 0 Å². The smallest absolute Gasteiger partial charge is 0.0988 e. The normalized spacial score (nSPS) is 8.44. The summed E-state index contributed by atoms with van der Waals surface area (Å²) in [5.74, 6) is 0. The molecule has 9 heavy (non-hydrogen) atoms. The molecular weight excluding hydrogens is 134 g/mol. The molecule has 1 aromatic heterocycles. The summed E-state index contributed by atoms with van der Waals surface area (Å²) in [4.78, 5) is 3.78. The summed E-state index contributed by atoms with van der Waals surface area (Å²) in [6.07, 6.45) is 3.25. The van der Waals surface area contributed by atoms with Crippen molar-refractivity contribution in [1.29, 1.82) is 0 Å². The molecule has 3 heteroatoms. The summed E-state index contributed by atoms with van der Waals surface area (Å²) in [7, 11) is 0. The van der Waals surface area contributed by atoms with E-state index in [-0.39, 0.29) is 0 Å². The molecule has 0 fully saturated rings. The van der Waals surface area contributed by atoms with Gasteiger partial charge in [0.15, 0.2) is 0 Å². The molecule has 0 atom stereocenters. The Hall–Kier alpha value is -0.960. The molecule has 1 radical (unpaired) electrons. The van der Waals surface area contributed by atoms with E-state index in [1.165, 1.54) is 0 Å². The van der Waals surface area contributed by atoms with Crippen molar-refractivity contribution in [3.05, 3.63) is 30.1 Å². The maximum absolute atomic E-state index is 9.88. The van der Waals surface area contributed by atoms with Crippen molar-refractivity contribution in [1.82, 2.24) is 4.98 Å². The van der Waals surface area contributed by atoms with Crippen molar-refractivity contribution in [2.45, 2.75) is 0 Å². The summed E-state index contributed by atoms with van der Waals surface area (Å²) in [5, 5.41) is 2.53. The predicted molar refractivity (Wildman–Crippen MR) is 36.5 cm³/mol. The third-order valence-electron chi connectivity index (χ3n) is 0.840. The molecule has 0 aromatic carbocycles. The topological polar surface area (TPSA) is 30.0 Å². The van der Waals surface area contributed by atoms with E-state index in [9.17, 15) is 4.21 Å². The van der Waals surface area contributed by atoms with Gasteiger partial charge in [0.2, 0.25) is 0 Å². The van der Waals surface area contributed by atoms with Crippen LogP contribution in [0, 0.1) is 0 Å². The van der Waals surface area contributed by atoms with Crippen LogP contribution in [-0.2, 0) is 11.3 Å². The van der Waals surface area contributed by atoms with E-state index < -0.39 is 0 Å².